The summed E-state index contributed by atoms with van der Waals surface area (Å²) in [5, 5.41) is 8.16. The van der Waals surface area contributed by atoms with E-state index >= 15 is 0 Å². The predicted octanol–water partition coefficient (Wildman–Crippen LogP) is 2.82. The molecule has 150 valence electrons. The van der Waals surface area contributed by atoms with E-state index in [-0.39, 0.29) is 18.4 Å². The number of benzene rings is 2. The maximum Gasteiger partial charge on any atom is 0.255 e. The molecule has 0 saturated carbocycles. The number of nitrogens with two attached hydrogens (primary N) is 1. The topological polar surface area (TPSA) is 112 Å². The summed E-state index contributed by atoms with van der Waals surface area (Å²) in [5.74, 6) is 0.439. The number of hydrogen-bond acceptors (Lipinski definition) is 6. The van der Waals surface area contributed by atoms with Crippen molar-refractivity contribution in [2.75, 3.05) is 11.9 Å². The Balaban J connectivity index is 1.49. The van der Waals surface area contributed by atoms with Crippen LogP contribution in [0.1, 0.15) is 23.5 Å². The van der Waals surface area contributed by atoms with Gasteiger partial charge in [0.1, 0.15) is 11.6 Å². The van der Waals surface area contributed by atoms with Crippen molar-refractivity contribution in [3.8, 4) is 10.9 Å². The molecule has 0 bridgehead atoms. The van der Waals surface area contributed by atoms with Crippen LogP contribution in [0, 0.1) is 0 Å². The number of nitrogens with one attached hydrogen (secondary N) is 1. The summed E-state index contributed by atoms with van der Waals surface area (Å²) in [6.07, 6.45) is 2.10. The highest BCUT2D eigenvalue weighted by molar-refractivity contribution is 7.20. The maximum atomic E-state index is 12.5. The quantitative estimate of drug-likeness (QED) is 0.517. The van der Waals surface area contributed by atoms with E-state index in [1.165, 1.54) is 11.3 Å². The Morgan fingerprint density at radius 1 is 1.23 bits per heavy atom. The van der Waals surface area contributed by atoms with Gasteiger partial charge in [0.15, 0.2) is 6.61 Å². The fourth-order valence-electron chi connectivity index (χ4n) is 3.56. The number of carbonyl (C=O) groups is 2. The van der Waals surface area contributed by atoms with Gasteiger partial charge >= 0.3 is 0 Å². The Bertz CT molecular complexity index is 1230. The van der Waals surface area contributed by atoms with Crippen LogP contribution in [0.15, 0.2) is 54.7 Å². The van der Waals surface area contributed by atoms with Crippen LogP contribution < -0.4 is 15.8 Å². The lowest BCUT2D eigenvalue weighted by atomic mass is 9.87. The first-order chi connectivity index (χ1) is 14.6. The molecule has 0 saturated heterocycles. The Labute approximate surface area is 175 Å². The molecule has 3 N–H and O–H groups in total. The van der Waals surface area contributed by atoms with Crippen LogP contribution in [0.2, 0.25) is 0 Å². The Morgan fingerprint density at radius 2 is 2.03 bits per heavy atom. The molecule has 3 heterocycles. The number of nitrogens with zero attached hydrogens (tertiary/aromatic N) is 3. The summed E-state index contributed by atoms with van der Waals surface area (Å²) in [4.78, 5) is 28.0. The number of carbonyl (C=O) groups excluding carboxylic acids is 2. The van der Waals surface area contributed by atoms with Crippen LogP contribution in [0.25, 0.3) is 15.3 Å². The highest BCUT2D eigenvalue weighted by Gasteiger charge is 2.31. The number of rotatable bonds is 5. The van der Waals surface area contributed by atoms with Crippen molar-refractivity contribution in [2.45, 2.75) is 12.3 Å². The van der Waals surface area contributed by atoms with Gasteiger partial charge in [-0.25, -0.2) is 4.98 Å². The largest absolute Gasteiger partial charge is 0.484 e. The molecule has 1 aliphatic rings. The van der Waals surface area contributed by atoms with Crippen molar-refractivity contribution in [3.63, 3.8) is 0 Å². The number of thiazole rings is 1. The molecule has 1 unspecified atom stereocenters. The number of aromatic nitrogens is 3. The van der Waals surface area contributed by atoms with Crippen molar-refractivity contribution in [1.82, 2.24) is 14.8 Å². The van der Waals surface area contributed by atoms with Gasteiger partial charge in [0, 0.05) is 17.9 Å². The molecule has 4 aromatic rings. The maximum absolute atomic E-state index is 12.5. The van der Waals surface area contributed by atoms with Crippen molar-refractivity contribution in [3.05, 3.63) is 65.9 Å². The van der Waals surface area contributed by atoms with Gasteiger partial charge in [0.25, 0.3) is 5.91 Å². The van der Waals surface area contributed by atoms with Gasteiger partial charge in [-0.05, 0) is 29.8 Å². The van der Waals surface area contributed by atoms with Gasteiger partial charge in [-0.2, -0.15) is 9.78 Å². The molecule has 0 spiro atoms. The van der Waals surface area contributed by atoms with Crippen LogP contribution in [0.3, 0.4) is 0 Å². The average Bonchev–Trinajstić information content (AvgIpc) is 3.35. The molecule has 8 nitrogen and oxygen atoms in total. The fourth-order valence-corrected chi connectivity index (χ4v) is 4.49. The molecule has 1 atom stereocenters. The number of primary amides is 1. The van der Waals surface area contributed by atoms with Gasteiger partial charge in [0.05, 0.1) is 16.4 Å². The highest BCUT2D eigenvalue weighted by atomic mass is 32.1. The lowest BCUT2D eigenvalue weighted by Crippen LogP contribution is -2.24. The number of ether oxygens (including phenoxy) is 1. The van der Waals surface area contributed by atoms with Crippen LogP contribution in [-0.4, -0.2) is 33.2 Å². The van der Waals surface area contributed by atoms with Crippen LogP contribution in [-0.2, 0) is 9.59 Å². The minimum absolute atomic E-state index is 0.0792. The second-order valence-corrected chi connectivity index (χ2v) is 7.96. The summed E-state index contributed by atoms with van der Waals surface area (Å²) in [6, 6.07) is 15.2. The van der Waals surface area contributed by atoms with Crippen molar-refractivity contribution in [1.29, 1.82) is 0 Å². The fraction of sp³-hybridized carbons (Fsp3) is 0.143. The highest BCUT2D eigenvalue weighted by Crippen LogP contribution is 2.39. The molecule has 30 heavy (non-hydrogen) atoms. The minimum atomic E-state index is -0.532. The lowest BCUT2D eigenvalue weighted by molar-refractivity contribution is -0.120. The van der Waals surface area contributed by atoms with E-state index in [1.807, 2.05) is 36.4 Å². The third kappa shape index (κ3) is 3.29. The molecular formula is C21H17N5O3S. The number of para-hydroxylation sites is 1. The molecule has 1 aliphatic heterocycles. The number of anilines is 1. The second-order valence-electron chi connectivity index (χ2n) is 6.95. The van der Waals surface area contributed by atoms with E-state index in [2.05, 4.69) is 15.4 Å². The lowest BCUT2D eigenvalue weighted by Gasteiger charge is -2.23. The van der Waals surface area contributed by atoms with Gasteiger partial charge in [0.2, 0.25) is 11.0 Å². The normalized spacial score (nSPS) is 15.6. The third-order valence-corrected chi connectivity index (χ3v) is 5.96. The van der Waals surface area contributed by atoms with E-state index < -0.39 is 5.91 Å². The minimum Gasteiger partial charge on any atom is -0.484 e. The van der Waals surface area contributed by atoms with Crippen molar-refractivity contribution < 1.29 is 14.3 Å². The molecule has 0 aliphatic carbocycles. The first-order valence-corrected chi connectivity index (χ1v) is 10.1. The predicted molar refractivity (Wildman–Crippen MR) is 113 cm³/mol. The third-order valence-electron chi connectivity index (χ3n) is 4.95. The second kappa shape index (κ2) is 7.27. The van der Waals surface area contributed by atoms with Gasteiger partial charge < -0.3 is 15.8 Å². The molecule has 5 rings (SSSR count). The number of fused-ring (bicyclic) bond motifs is 2. The Morgan fingerprint density at radius 3 is 2.80 bits per heavy atom. The standard InChI is InChI=1S/C21H17N5O3S/c22-18(27)11-29-13-7-5-12(6-8-13)14-9-19(28)25-20-15(14)10-23-26(20)21-24-16-3-1-2-4-17(16)30-21/h1-8,10,14H,9,11H2,(H2,22,27)(H,25,28). The Kier molecular flexibility index (Phi) is 4.44. The Hall–Kier alpha value is -3.72. The zero-order valence-corrected chi connectivity index (χ0v) is 16.6. The van der Waals surface area contributed by atoms with Crippen LogP contribution in [0.5, 0.6) is 5.75 Å². The summed E-state index contributed by atoms with van der Waals surface area (Å²) in [6.45, 7) is -0.176. The first-order valence-electron chi connectivity index (χ1n) is 9.33. The molecule has 9 heteroatoms. The SMILES string of the molecule is NC(=O)COc1ccc(C2CC(=O)Nc3c2cnn3-c2nc3ccccc3s2)cc1. The molecule has 2 aromatic heterocycles. The summed E-state index contributed by atoms with van der Waals surface area (Å²) in [5.41, 5.74) is 7.89. The van der Waals surface area contributed by atoms with Gasteiger partial charge in [-0.15, -0.1) is 0 Å². The number of amides is 2. The van der Waals surface area contributed by atoms with E-state index in [0.29, 0.717) is 23.1 Å². The molecule has 2 amide bonds. The van der Waals surface area contributed by atoms with Crippen LogP contribution in [0.4, 0.5) is 5.82 Å². The van der Waals surface area contributed by atoms with Crippen molar-refractivity contribution in [2.24, 2.45) is 5.73 Å². The monoisotopic (exact) mass is 419 g/mol. The molecule has 0 fully saturated rings. The van der Waals surface area contributed by atoms with Crippen LogP contribution >= 0.6 is 11.3 Å². The molecule has 0 radical (unpaired) electrons. The number of hydrogen-bond donors (Lipinski definition) is 2. The first kappa shape index (κ1) is 18.3. The zero-order chi connectivity index (χ0) is 20.7. The van der Waals surface area contributed by atoms with Gasteiger partial charge in [-0.3, -0.25) is 9.59 Å². The molecule has 2 aromatic carbocycles. The summed E-state index contributed by atoms with van der Waals surface area (Å²) < 4.78 is 8.06. The smallest absolute Gasteiger partial charge is 0.255 e. The zero-order valence-electron chi connectivity index (χ0n) is 15.7. The van der Waals surface area contributed by atoms with Crippen molar-refractivity contribution >= 4 is 39.2 Å². The van der Waals surface area contributed by atoms with E-state index in [4.69, 9.17) is 10.5 Å². The van der Waals surface area contributed by atoms with E-state index in [1.54, 1.807) is 23.0 Å². The average molecular weight is 419 g/mol. The van der Waals surface area contributed by atoms with E-state index in [9.17, 15) is 9.59 Å². The summed E-state index contributed by atoms with van der Waals surface area (Å²) in [7, 11) is 0. The van der Waals surface area contributed by atoms with E-state index in [0.717, 1.165) is 21.3 Å². The molecular weight excluding hydrogens is 402 g/mol. The van der Waals surface area contributed by atoms with Gasteiger partial charge in [-0.1, -0.05) is 35.6 Å². The summed E-state index contributed by atoms with van der Waals surface area (Å²) >= 11 is 1.52.